The minimum absolute atomic E-state index is 0. The maximum absolute atomic E-state index is 12.2. The van der Waals surface area contributed by atoms with Crippen LogP contribution in [0.1, 0.15) is 96.0 Å². The van der Waals surface area contributed by atoms with E-state index in [1.807, 2.05) is 159 Å². The number of carbonyl (C=O) groups excluding carboxylic acids is 6. The number of alkyl carbamates (subject to hydrolysis) is 1. The number of methoxy groups -OCH3 is 6. The van der Waals surface area contributed by atoms with Gasteiger partial charge in [0.2, 0.25) is 5.91 Å². The van der Waals surface area contributed by atoms with Crippen molar-refractivity contribution in [1.82, 2.24) is 15.4 Å². The van der Waals surface area contributed by atoms with Crippen molar-refractivity contribution in [2.45, 2.75) is 119 Å². The van der Waals surface area contributed by atoms with Crippen LogP contribution in [0.2, 0.25) is 0 Å². The fourth-order valence-electron chi connectivity index (χ4n) is 7.47. The third-order valence-corrected chi connectivity index (χ3v) is 13.0. The van der Waals surface area contributed by atoms with Crippen molar-refractivity contribution < 1.29 is 86.8 Å². The summed E-state index contributed by atoms with van der Waals surface area (Å²) in [4.78, 5) is 89.6. The van der Waals surface area contributed by atoms with Crippen LogP contribution in [-0.2, 0) is 98.9 Å². The number of aliphatic carboxylic acids is 2. The van der Waals surface area contributed by atoms with Crippen molar-refractivity contribution in [2.75, 3.05) is 103 Å². The normalized spacial score (nSPS) is 11.6. The molecular formula is C74H117N5O18S. The average Bonchev–Trinajstić information content (AvgIpc) is 1.08. The van der Waals surface area contributed by atoms with Gasteiger partial charge in [-0.1, -0.05) is 186 Å². The number of hydrogen-bond acceptors (Lipinski definition) is 20. The van der Waals surface area contributed by atoms with Crippen LogP contribution in [0, 0.1) is 17.8 Å². The number of ether oxygens (including phenoxy) is 7. The van der Waals surface area contributed by atoms with E-state index < -0.39 is 42.1 Å². The highest BCUT2D eigenvalue weighted by Crippen LogP contribution is 2.10. The van der Waals surface area contributed by atoms with E-state index >= 15 is 0 Å². The Labute approximate surface area is 589 Å². The first-order chi connectivity index (χ1) is 46.0. The van der Waals surface area contributed by atoms with Gasteiger partial charge in [0.05, 0.1) is 64.1 Å². The number of rotatable bonds is 35. The number of ketones is 4. The lowest BCUT2D eigenvalue weighted by molar-refractivity contribution is -0.143. The average molecular weight is 1400 g/mol. The van der Waals surface area contributed by atoms with Crippen molar-refractivity contribution in [3.8, 4) is 0 Å². The third kappa shape index (κ3) is 57.5. The molecule has 0 saturated heterocycles. The van der Waals surface area contributed by atoms with Crippen LogP contribution in [0.3, 0.4) is 0 Å². The fraction of sp³-hybridized carbons (Fsp3) is 0.486. The summed E-state index contributed by atoms with van der Waals surface area (Å²) in [7, 11) is 10.9. The molecule has 24 heteroatoms. The molecule has 0 aromatic heterocycles. The lowest BCUT2D eigenvalue weighted by atomic mass is 10.0. The highest BCUT2D eigenvalue weighted by atomic mass is 32.1. The van der Waals surface area contributed by atoms with Crippen molar-refractivity contribution in [3.05, 3.63) is 179 Å². The summed E-state index contributed by atoms with van der Waals surface area (Å²) in [5, 5.41) is 29.5. The Bertz CT molecular complexity index is 2680. The highest BCUT2D eigenvalue weighted by molar-refractivity contribution is 7.78. The second-order valence-corrected chi connectivity index (χ2v) is 21.7. The molecule has 5 aromatic rings. The lowest BCUT2D eigenvalue weighted by Crippen LogP contribution is -2.44. The monoisotopic (exact) mass is 1400 g/mol. The Balaban J connectivity index is -0.000000350. The van der Waals surface area contributed by atoms with E-state index in [1.54, 1.807) is 28.2 Å². The molecule has 0 radical (unpaired) electrons. The number of nitrogens with one attached hydrogen (secondary N) is 3. The second-order valence-electron chi connectivity index (χ2n) is 21.2. The van der Waals surface area contributed by atoms with E-state index in [9.17, 15) is 38.4 Å². The van der Waals surface area contributed by atoms with Crippen LogP contribution < -0.4 is 26.8 Å². The number of thiol groups is 1. The van der Waals surface area contributed by atoms with E-state index in [0.29, 0.717) is 64.9 Å². The van der Waals surface area contributed by atoms with Crippen LogP contribution in [0.5, 0.6) is 0 Å². The Morgan fingerprint density at radius 2 is 0.745 bits per heavy atom. The van der Waals surface area contributed by atoms with Crippen molar-refractivity contribution in [2.24, 2.45) is 29.2 Å². The van der Waals surface area contributed by atoms with Gasteiger partial charge in [-0.15, -0.1) is 0 Å². The van der Waals surface area contributed by atoms with E-state index in [4.69, 9.17) is 55.2 Å². The molecule has 2 amide bonds. The van der Waals surface area contributed by atoms with Crippen LogP contribution in [0.15, 0.2) is 152 Å². The molecule has 5 aromatic carbocycles. The quantitative estimate of drug-likeness (QED) is 0.0135. The number of carboxylic acid groups (broad SMARTS) is 2. The van der Waals surface area contributed by atoms with E-state index in [2.05, 4.69) is 32.9 Å². The number of hydrogen-bond donors (Lipinski definition) is 9. The van der Waals surface area contributed by atoms with Gasteiger partial charge >= 0.3 is 18.0 Å². The molecule has 552 valence electrons. The summed E-state index contributed by atoms with van der Waals surface area (Å²) < 4.78 is 36.4. The molecule has 23 nitrogen and oxygen atoms in total. The minimum atomic E-state index is -0.956. The maximum Gasteiger partial charge on any atom is 0.407 e. The number of carbonyl (C=O) groups is 8. The van der Waals surface area contributed by atoms with Crippen LogP contribution in [-0.4, -0.2) is 183 Å². The molecule has 0 saturated carbocycles. The molecule has 10 N–H and O–H groups in total. The van der Waals surface area contributed by atoms with Gasteiger partial charge in [0, 0.05) is 87.7 Å². The first-order valence-corrected chi connectivity index (χ1v) is 31.7. The number of aliphatic hydroxyl groups is 1. The summed E-state index contributed by atoms with van der Waals surface area (Å²) in [6.45, 7) is 8.61. The summed E-state index contributed by atoms with van der Waals surface area (Å²) in [5.41, 5.74) is 16.7. The zero-order valence-electron chi connectivity index (χ0n) is 58.0. The maximum atomic E-state index is 12.2. The molecule has 0 aliphatic carbocycles. The van der Waals surface area contributed by atoms with E-state index in [-0.39, 0.29) is 88.8 Å². The smallest absolute Gasteiger partial charge is 0.407 e. The predicted molar refractivity (Wildman–Crippen MR) is 390 cm³/mol. The first kappa shape index (κ1) is 99.1. The van der Waals surface area contributed by atoms with Crippen molar-refractivity contribution >= 4 is 59.9 Å². The fourth-order valence-corrected chi connectivity index (χ4v) is 7.47. The number of amides is 2. The summed E-state index contributed by atoms with van der Waals surface area (Å²) in [6, 6.07) is 47.8. The standard InChI is InChI=1S/C16H23NO5.C14H19NO3.C13H18O2.C12H17NO2.C7H9N.C5H10O3.C4H8O3.CH5NS.2CH4/c1-20-10-11-22-16(19)17-14(12-21-2)15(18)9-8-13-6-4-3-5-7-13;1-11(16)15-13(10-18-2)14(17)9-8-12-6-4-3-5-7-12;1-11(10-15-2)13(14)9-8-12-6-4-3-5-7-12;1-15-9-11(13)12(14)8-7-10-5-3-2-4-6-10;8-6-7-4-2-1-3-5-7;1-4(3-8-2)5(6)7;1-3(2-5)4(6)7;1-2-3;;/h3-7,14H,8-12H2,1-2H3,(H,17,19);3-7,13H,8-10H2,1-2H3,(H,15,16);3-7,11H,8-10H2,1-2H3;2-6,11H,7-9,13H2,1H3;1-5H,6,8H2;4H,3H2,1-2H3,(H,6,7);3,5H,2H2,1H3,(H,6,7);2-3H,1H3;2*1H4/t14-;13-;2*11-;;4-;3-;;;/m1111.11.../s1. The minimum Gasteiger partial charge on any atom is -0.481 e. The molecule has 0 unspecified atom stereocenters. The first-order valence-electron chi connectivity index (χ1n) is 31.3. The van der Waals surface area contributed by atoms with Gasteiger partial charge in [-0.3, -0.25) is 38.3 Å². The molecule has 98 heavy (non-hydrogen) atoms. The number of nitrogens with two attached hydrogens (primary N) is 2. The molecule has 0 aliphatic rings. The second kappa shape index (κ2) is 68.0. The number of aryl methyl sites for hydroxylation is 4. The summed E-state index contributed by atoms with van der Waals surface area (Å²) in [5.74, 6) is -2.75. The number of carboxylic acids is 2. The topological polar surface area (TPSA) is 350 Å². The number of Topliss-reactive ketones (excluding diaryl/α,β-unsaturated/α-hetero) is 4. The summed E-state index contributed by atoms with van der Waals surface area (Å²) in [6.07, 6.45) is 4.05. The van der Waals surface area contributed by atoms with E-state index in [1.165, 1.54) is 53.4 Å². The van der Waals surface area contributed by atoms with Gasteiger partial charge in [0.25, 0.3) is 0 Å². The molecule has 0 fully saturated rings. The van der Waals surface area contributed by atoms with Gasteiger partial charge in [-0.05, 0) is 74.4 Å². The van der Waals surface area contributed by atoms with Crippen LogP contribution >= 0.6 is 12.8 Å². The largest absolute Gasteiger partial charge is 0.481 e. The van der Waals surface area contributed by atoms with Gasteiger partial charge in [-0.2, -0.15) is 0 Å². The molecule has 0 bridgehead atoms. The number of aliphatic hydroxyl groups excluding tert-OH is 1. The zero-order valence-corrected chi connectivity index (χ0v) is 58.9. The molecule has 0 aliphatic heterocycles. The Hall–Kier alpha value is -7.59. The van der Waals surface area contributed by atoms with Gasteiger partial charge < -0.3 is 70.6 Å². The van der Waals surface area contributed by atoms with Crippen molar-refractivity contribution in [3.63, 3.8) is 0 Å². The van der Waals surface area contributed by atoms with E-state index in [0.717, 1.165) is 29.5 Å². The predicted octanol–water partition coefficient (Wildman–Crippen LogP) is 9.07. The summed E-state index contributed by atoms with van der Waals surface area (Å²) >= 11 is 3.54. The highest BCUT2D eigenvalue weighted by Gasteiger charge is 2.22. The molecule has 5 rings (SSSR count). The molecule has 0 spiro atoms. The Morgan fingerprint density at radius 1 is 0.439 bits per heavy atom. The van der Waals surface area contributed by atoms with Crippen molar-refractivity contribution in [1.29, 1.82) is 0 Å². The van der Waals surface area contributed by atoms with Gasteiger partial charge in [0.1, 0.15) is 24.5 Å². The third-order valence-electron chi connectivity index (χ3n) is 13.0. The Morgan fingerprint density at radius 3 is 1.01 bits per heavy atom. The van der Waals surface area contributed by atoms with Gasteiger partial charge in [-0.25, -0.2) is 4.79 Å². The Kier molecular flexibility index (Phi) is 68.7. The lowest BCUT2D eigenvalue weighted by Gasteiger charge is -2.16. The SMILES string of the molecule is C.C.CNS.COCCOC(=O)N[C@H](COC)C(=O)CCc1ccccc1.COC[C@@H](C)C(=O)CCc1ccccc1.COC[C@@H](C)C(=O)O.COC[C@@H](N)C(=O)CCc1ccccc1.COC[C@@H](NC(C)=O)C(=O)CCc1ccccc1.C[C@H](CO)C(=O)O.NCc1ccccc1. The van der Waals surface area contributed by atoms with Gasteiger partial charge in [0.15, 0.2) is 17.3 Å². The van der Waals surface area contributed by atoms with Crippen LogP contribution in [0.4, 0.5) is 4.79 Å². The molecule has 6 atom stereocenters. The molecular weight excluding hydrogens is 1280 g/mol. The van der Waals surface area contributed by atoms with Crippen LogP contribution in [0.25, 0.3) is 0 Å². The molecule has 0 heterocycles. The number of benzene rings is 5. The zero-order chi connectivity index (χ0) is 72.7.